The van der Waals surface area contributed by atoms with Crippen molar-refractivity contribution in [3.05, 3.63) is 12.2 Å². The molecule has 0 aromatic heterocycles. The van der Waals surface area contributed by atoms with Crippen molar-refractivity contribution in [3.8, 4) is 0 Å². The normalized spacial score (nSPS) is 18.7. The van der Waals surface area contributed by atoms with Gasteiger partial charge in [-0.25, -0.2) is 0 Å². The molecule has 0 amide bonds. The molecule has 0 radical (unpaired) electrons. The summed E-state index contributed by atoms with van der Waals surface area (Å²) in [5, 5.41) is 0. The molecular formula is C15H29N. The average molecular weight is 223 g/mol. The van der Waals surface area contributed by atoms with E-state index in [1.807, 2.05) is 0 Å². The summed E-state index contributed by atoms with van der Waals surface area (Å²) >= 11 is 0. The monoisotopic (exact) mass is 223 g/mol. The van der Waals surface area contributed by atoms with Crippen LogP contribution in [-0.2, 0) is 0 Å². The molecular weight excluding hydrogens is 194 g/mol. The molecule has 0 spiro atoms. The second-order valence-corrected chi connectivity index (χ2v) is 5.42. The highest BCUT2D eigenvalue weighted by molar-refractivity contribution is 4.84. The fourth-order valence-corrected chi connectivity index (χ4v) is 2.33. The molecule has 0 N–H and O–H groups in total. The van der Waals surface area contributed by atoms with Gasteiger partial charge in [-0.1, -0.05) is 38.8 Å². The highest BCUT2D eigenvalue weighted by atomic mass is 15.1. The van der Waals surface area contributed by atoms with Crippen LogP contribution in [0.2, 0.25) is 0 Å². The van der Waals surface area contributed by atoms with Crippen molar-refractivity contribution in [1.82, 2.24) is 4.90 Å². The van der Waals surface area contributed by atoms with Crippen LogP contribution in [0.1, 0.15) is 58.8 Å². The molecule has 0 aromatic carbocycles. The Labute approximate surface area is 102 Å². The van der Waals surface area contributed by atoms with Gasteiger partial charge in [0.15, 0.2) is 0 Å². The van der Waals surface area contributed by atoms with Crippen molar-refractivity contribution >= 4 is 0 Å². The van der Waals surface area contributed by atoms with Gasteiger partial charge in [-0.05, 0) is 57.7 Å². The summed E-state index contributed by atoms with van der Waals surface area (Å²) in [6.45, 7) is 8.54. The first-order valence-corrected chi connectivity index (χ1v) is 7.18. The first kappa shape index (κ1) is 13.8. The molecule has 0 aromatic rings. The Morgan fingerprint density at radius 1 is 1.00 bits per heavy atom. The van der Waals surface area contributed by atoms with E-state index in [9.17, 15) is 0 Å². The van der Waals surface area contributed by atoms with Crippen LogP contribution in [0, 0.1) is 5.92 Å². The minimum Gasteiger partial charge on any atom is -0.303 e. The Balaban J connectivity index is 1.87. The molecule has 1 aliphatic heterocycles. The average Bonchev–Trinajstić information content (AvgIpc) is 2.29. The minimum absolute atomic E-state index is 0.716. The number of unbranched alkanes of at least 4 members (excludes halogenated alkanes) is 3. The number of hydrogen-bond donors (Lipinski definition) is 0. The minimum atomic E-state index is 0.716. The van der Waals surface area contributed by atoms with Gasteiger partial charge < -0.3 is 4.90 Å². The standard InChI is InChI=1S/C15H29N/c1-15(2)11-7-4-3-5-8-12-16-13-9-6-10-14-16/h7,11,15H,3-6,8-10,12-14H2,1-2H3/b11-7+. The lowest BCUT2D eigenvalue weighted by atomic mass is 10.1. The maximum absolute atomic E-state index is 2.65. The second-order valence-electron chi connectivity index (χ2n) is 5.42. The van der Waals surface area contributed by atoms with Crippen LogP contribution in [-0.4, -0.2) is 24.5 Å². The molecule has 16 heavy (non-hydrogen) atoms. The zero-order valence-corrected chi connectivity index (χ0v) is 11.3. The summed E-state index contributed by atoms with van der Waals surface area (Å²) in [4.78, 5) is 2.65. The molecule has 1 heteroatoms. The summed E-state index contributed by atoms with van der Waals surface area (Å²) in [5.74, 6) is 0.716. The molecule has 1 aliphatic rings. The van der Waals surface area contributed by atoms with E-state index in [0.717, 1.165) is 0 Å². The third kappa shape index (κ3) is 7.05. The summed E-state index contributed by atoms with van der Waals surface area (Å²) in [6.07, 6.45) is 14.4. The molecule has 0 aliphatic carbocycles. The zero-order chi connectivity index (χ0) is 11.6. The lowest BCUT2D eigenvalue weighted by molar-refractivity contribution is 0.224. The van der Waals surface area contributed by atoms with Crippen LogP contribution in [0.25, 0.3) is 0 Å². The first-order chi connectivity index (χ1) is 7.79. The molecule has 1 heterocycles. The Kier molecular flexibility index (Phi) is 7.58. The molecule has 1 nitrogen and oxygen atoms in total. The largest absolute Gasteiger partial charge is 0.303 e. The van der Waals surface area contributed by atoms with E-state index >= 15 is 0 Å². The van der Waals surface area contributed by atoms with Gasteiger partial charge in [0.25, 0.3) is 0 Å². The van der Waals surface area contributed by atoms with Crippen LogP contribution in [0.3, 0.4) is 0 Å². The molecule has 1 saturated heterocycles. The SMILES string of the molecule is CC(C)/C=C/CCCCCN1CCCCC1. The van der Waals surface area contributed by atoms with Gasteiger partial charge in [0.2, 0.25) is 0 Å². The van der Waals surface area contributed by atoms with E-state index < -0.39 is 0 Å². The van der Waals surface area contributed by atoms with Gasteiger partial charge in [0, 0.05) is 0 Å². The lowest BCUT2D eigenvalue weighted by Crippen LogP contribution is -2.30. The maximum Gasteiger partial charge on any atom is -0.00187 e. The van der Waals surface area contributed by atoms with Gasteiger partial charge in [-0.15, -0.1) is 0 Å². The summed E-state index contributed by atoms with van der Waals surface area (Å²) in [5.41, 5.74) is 0. The highest BCUT2D eigenvalue weighted by Crippen LogP contribution is 2.10. The zero-order valence-electron chi connectivity index (χ0n) is 11.3. The van der Waals surface area contributed by atoms with E-state index in [2.05, 4.69) is 30.9 Å². The van der Waals surface area contributed by atoms with Crippen molar-refractivity contribution in [2.75, 3.05) is 19.6 Å². The van der Waals surface area contributed by atoms with Crippen LogP contribution in [0.15, 0.2) is 12.2 Å². The van der Waals surface area contributed by atoms with E-state index in [4.69, 9.17) is 0 Å². The molecule has 0 saturated carbocycles. The van der Waals surface area contributed by atoms with Crippen LogP contribution < -0.4 is 0 Å². The molecule has 94 valence electrons. The quantitative estimate of drug-likeness (QED) is 0.461. The van der Waals surface area contributed by atoms with Gasteiger partial charge in [0.05, 0.1) is 0 Å². The first-order valence-electron chi connectivity index (χ1n) is 7.18. The van der Waals surface area contributed by atoms with E-state index in [0.29, 0.717) is 5.92 Å². The van der Waals surface area contributed by atoms with Crippen molar-refractivity contribution < 1.29 is 0 Å². The topological polar surface area (TPSA) is 3.24 Å². The van der Waals surface area contributed by atoms with Gasteiger partial charge >= 0.3 is 0 Å². The van der Waals surface area contributed by atoms with Crippen molar-refractivity contribution in [3.63, 3.8) is 0 Å². The van der Waals surface area contributed by atoms with Crippen molar-refractivity contribution in [2.45, 2.75) is 58.8 Å². The Morgan fingerprint density at radius 3 is 2.44 bits per heavy atom. The third-order valence-corrected chi connectivity index (χ3v) is 3.31. The second kappa shape index (κ2) is 8.81. The number of allylic oxidation sites excluding steroid dienone is 2. The number of piperidine rings is 1. The predicted molar refractivity (Wildman–Crippen MR) is 72.7 cm³/mol. The van der Waals surface area contributed by atoms with Crippen LogP contribution in [0.5, 0.6) is 0 Å². The summed E-state index contributed by atoms with van der Waals surface area (Å²) < 4.78 is 0. The fourth-order valence-electron chi connectivity index (χ4n) is 2.33. The predicted octanol–water partition coefficient (Wildman–Crippen LogP) is 4.24. The molecule has 1 fully saturated rings. The van der Waals surface area contributed by atoms with Crippen LogP contribution in [0.4, 0.5) is 0 Å². The molecule has 0 unspecified atom stereocenters. The van der Waals surface area contributed by atoms with E-state index in [-0.39, 0.29) is 0 Å². The van der Waals surface area contributed by atoms with Crippen molar-refractivity contribution in [1.29, 1.82) is 0 Å². The Bertz CT molecular complexity index is 178. The van der Waals surface area contributed by atoms with Crippen molar-refractivity contribution in [2.24, 2.45) is 5.92 Å². The number of hydrogen-bond acceptors (Lipinski definition) is 1. The Hall–Kier alpha value is -0.300. The van der Waals surface area contributed by atoms with E-state index in [1.54, 1.807) is 0 Å². The summed E-state index contributed by atoms with van der Waals surface area (Å²) in [6, 6.07) is 0. The third-order valence-electron chi connectivity index (χ3n) is 3.31. The van der Waals surface area contributed by atoms with Gasteiger partial charge in [-0.2, -0.15) is 0 Å². The maximum atomic E-state index is 2.65. The van der Waals surface area contributed by atoms with Gasteiger partial charge in [0.1, 0.15) is 0 Å². The fraction of sp³-hybridized carbons (Fsp3) is 0.867. The van der Waals surface area contributed by atoms with Crippen LogP contribution >= 0.6 is 0 Å². The number of likely N-dealkylation sites (tertiary alicyclic amines) is 1. The Morgan fingerprint density at radius 2 is 1.75 bits per heavy atom. The number of nitrogens with zero attached hydrogens (tertiary/aromatic N) is 1. The molecule has 1 rings (SSSR count). The van der Waals surface area contributed by atoms with Gasteiger partial charge in [-0.3, -0.25) is 0 Å². The number of rotatable bonds is 7. The van der Waals surface area contributed by atoms with E-state index in [1.165, 1.54) is 64.6 Å². The molecule has 0 atom stereocenters. The highest BCUT2D eigenvalue weighted by Gasteiger charge is 2.08. The smallest absolute Gasteiger partial charge is 0.00187 e. The molecule has 0 bridgehead atoms. The summed E-state index contributed by atoms with van der Waals surface area (Å²) in [7, 11) is 0. The lowest BCUT2D eigenvalue weighted by Gasteiger charge is -2.26.